The molecule has 1 saturated carbocycles. The zero-order chi connectivity index (χ0) is 60.2. The molecule has 22 heteroatoms. The molecular weight excluding hydrogens is 1120 g/mol. The van der Waals surface area contributed by atoms with Crippen molar-refractivity contribution in [3.8, 4) is 5.75 Å². The second-order valence-corrected chi connectivity index (χ2v) is 27.3. The van der Waals surface area contributed by atoms with Crippen LogP contribution >= 0.6 is 11.3 Å². The Kier molecular flexibility index (Phi) is 18.9. The fraction of sp³-hybridized carbons (Fsp3) is 0.625. The highest BCUT2D eigenvalue weighted by atomic mass is 32.1. The molecule has 2 aromatic heterocycles. The van der Waals surface area contributed by atoms with Gasteiger partial charge in [-0.1, -0.05) is 45.2 Å². The van der Waals surface area contributed by atoms with Crippen LogP contribution < -0.4 is 40.7 Å². The molecule has 4 aromatic rings. The zero-order valence-corrected chi connectivity index (χ0v) is 51.5. The lowest BCUT2D eigenvalue weighted by atomic mass is 9.82. The van der Waals surface area contributed by atoms with Crippen LogP contribution in [0.1, 0.15) is 143 Å². The third kappa shape index (κ3) is 14.3. The number of carbonyl (C=O) groups is 5. The number of benzene rings is 2. The molecule has 8 heterocycles. The lowest BCUT2D eigenvalue weighted by molar-refractivity contribution is -0.139. The van der Waals surface area contributed by atoms with E-state index in [2.05, 4.69) is 65.8 Å². The van der Waals surface area contributed by atoms with Crippen molar-refractivity contribution in [1.82, 2.24) is 50.9 Å². The number of piperazine rings is 1. The van der Waals surface area contributed by atoms with Gasteiger partial charge in [0.1, 0.15) is 58.7 Å². The summed E-state index contributed by atoms with van der Waals surface area (Å²) in [4.78, 5) is 94.3. The Morgan fingerprint density at radius 1 is 0.814 bits per heavy atom. The quantitative estimate of drug-likeness (QED) is 0.0528. The number of hydrogen-bond acceptors (Lipinski definition) is 16. The van der Waals surface area contributed by atoms with Gasteiger partial charge in [0.05, 0.1) is 36.4 Å². The highest BCUT2D eigenvalue weighted by Gasteiger charge is 2.46. The molecular formula is C64H87F2N13O6S. The van der Waals surface area contributed by atoms with E-state index in [9.17, 15) is 24.0 Å². The summed E-state index contributed by atoms with van der Waals surface area (Å²) in [6.45, 7) is 15.3. The van der Waals surface area contributed by atoms with E-state index in [0.29, 0.717) is 92.7 Å². The van der Waals surface area contributed by atoms with Crippen LogP contribution in [-0.4, -0.2) is 175 Å². The van der Waals surface area contributed by atoms with Gasteiger partial charge in [0.15, 0.2) is 0 Å². The van der Waals surface area contributed by atoms with E-state index in [0.717, 1.165) is 122 Å². The van der Waals surface area contributed by atoms with Gasteiger partial charge in [0.25, 0.3) is 0 Å². The summed E-state index contributed by atoms with van der Waals surface area (Å²) in [6.07, 6.45) is 13.9. The Morgan fingerprint density at radius 2 is 1.56 bits per heavy atom. The molecule has 6 aliphatic heterocycles. The number of rotatable bonds is 20. The van der Waals surface area contributed by atoms with Gasteiger partial charge >= 0.3 is 0 Å². The standard InChI is InChI=1S/C64H87F2N13O6S/c1-43(67-4)59(83)72-57(44-10-6-5-7-11-44)61(84)79-23-9-14-51(79)60-71-50(38-86-60)58(82)45-12-8-13-47(32-45)85-31-22-68-55(80)15-24-75-27-18-63(39-75)19-28-77(40-63)54-35-53(69-42-70-54)76-29-20-64(21-30-76)41-78(37-56(81)73-64)52-34-48(65)46(33-49(52)66)36-74-25-16-62(2,3)17-26-74/h8,12-13,32-35,38,42-44,51,57,67H,5-7,9-11,14-31,36-37,39-41H2,1-4H3,(H,68,80)(H,72,83)(H,73,81)/t43-,51-,57-,63-/m0/s1. The zero-order valence-electron chi connectivity index (χ0n) is 50.7. The third-order valence-electron chi connectivity index (χ3n) is 19.8. The molecule has 7 aliphatic rings. The highest BCUT2D eigenvalue weighted by Crippen LogP contribution is 2.42. The molecule has 2 spiro atoms. The molecule has 4 amide bonds. The number of ketones is 1. The molecule has 4 N–H and O–H groups in total. The molecule has 6 saturated heterocycles. The van der Waals surface area contributed by atoms with Gasteiger partial charge in [-0.15, -0.1) is 11.3 Å². The van der Waals surface area contributed by atoms with Gasteiger partial charge < -0.3 is 50.5 Å². The summed E-state index contributed by atoms with van der Waals surface area (Å²) in [5, 5.41) is 14.8. The lowest BCUT2D eigenvalue weighted by Gasteiger charge is -2.48. The highest BCUT2D eigenvalue weighted by molar-refractivity contribution is 7.10. The number of amides is 4. The van der Waals surface area contributed by atoms with E-state index in [1.807, 2.05) is 4.90 Å². The van der Waals surface area contributed by atoms with E-state index in [1.54, 1.807) is 54.8 Å². The van der Waals surface area contributed by atoms with Crippen molar-refractivity contribution in [2.45, 2.75) is 141 Å². The maximum absolute atomic E-state index is 15.8. The van der Waals surface area contributed by atoms with Crippen molar-refractivity contribution >= 4 is 58.1 Å². The molecule has 4 atom stereocenters. The molecule has 0 radical (unpaired) electrons. The molecule has 11 rings (SSSR count). The number of thiazole rings is 1. The molecule has 7 fully saturated rings. The minimum absolute atomic E-state index is 0.0289. The van der Waals surface area contributed by atoms with Crippen LogP contribution in [0.3, 0.4) is 0 Å². The summed E-state index contributed by atoms with van der Waals surface area (Å²) in [5.74, 6) is 0.617. The summed E-state index contributed by atoms with van der Waals surface area (Å²) in [5.41, 5.74) is 1.01. The van der Waals surface area contributed by atoms with Gasteiger partial charge in [-0.2, -0.15) is 0 Å². The number of nitrogens with one attached hydrogen (secondary N) is 4. The summed E-state index contributed by atoms with van der Waals surface area (Å²) < 4.78 is 37.5. The van der Waals surface area contributed by atoms with Gasteiger partial charge in [0.2, 0.25) is 29.4 Å². The van der Waals surface area contributed by atoms with E-state index in [1.165, 1.54) is 23.5 Å². The maximum atomic E-state index is 15.8. The van der Waals surface area contributed by atoms with E-state index >= 15 is 8.78 Å². The Bertz CT molecular complexity index is 3090. The minimum Gasteiger partial charge on any atom is -0.492 e. The average molecular weight is 1200 g/mol. The number of aromatic nitrogens is 3. The SMILES string of the molecule is CN[C@@H](C)C(=O)N[C@H](C(=O)N1CCC[C@H]1c1nc(C(=O)c2cccc(OCCNC(=O)CCN3CC[C@]4(CCN(c5cc(N6CCC7(CC6)CN(c6cc(F)c(CN8CCC(C)(C)CC8)cc6F)CC(=O)N7)ncn5)C4)C3)c2)cs1)C1CCCCC1. The van der Waals surface area contributed by atoms with Crippen molar-refractivity contribution in [3.63, 3.8) is 0 Å². The normalized spacial score (nSPS) is 23.4. The summed E-state index contributed by atoms with van der Waals surface area (Å²) in [7, 11) is 1.73. The number of likely N-dealkylation sites (N-methyl/N-ethyl adjacent to an activating group) is 1. The first-order valence-electron chi connectivity index (χ1n) is 31.5. The van der Waals surface area contributed by atoms with Crippen molar-refractivity contribution < 1.29 is 37.5 Å². The van der Waals surface area contributed by atoms with Crippen LogP contribution in [0, 0.1) is 28.4 Å². The minimum atomic E-state index is -0.597. The van der Waals surface area contributed by atoms with Crippen LogP contribution in [0.5, 0.6) is 5.75 Å². The fourth-order valence-corrected chi connectivity index (χ4v) is 15.2. The number of piperidine rings is 2. The summed E-state index contributed by atoms with van der Waals surface area (Å²) in [6, 6.07) is 10.4. The van der Waals surface area contributed by atoms with Crippen LogP contribution in [0.25, 0.3) is 0 Å². The molecule has 0 bridgehead atoms. The molecule has 1 aliphatic carbocycles. The van der Waals surface area contributed by atoms with Gasteiger partial charge in [-0.25, -0.2) is 23.7 Å². The van der Waals surface area contributed by atoms with Crippen LogP contribution in [0.2, 0.25) is 0 Å². The van der Waals surface area contributed by atoms with Crippen molar-refractivity contribution in [2.24, 2.45) is 16.7 Å². The number of ether oxygens (including phenoxy) is 1. The Balaban J connectivity index is 0.603. The number of nitrogens with zero attached hydrogens (tertiary/aromatic N) is 9. The van der Waals surface area contributed by atoms with Crippen LogP contribution in [-0.2, 0) is 25.7 Å². The Morgan fingerprint density at radius 3 is 2.34 bits per heavy atom. The maximum Gasteiger partial charge on any atom is 0.246 e. The first kappa shape index (κ1) is 61.3. The second-order valence-electron chi connectivity index (χ2n) is 26.4. The van der Waals surface area contributed by atoms with Crippen LogP contribution in [0.15, 0.2) is 54.2 Å². The van der Waals surface area contributed by atoms with E-state index < -0.39 is 29.3 Å². The second kappa shape index (κ2) is 26.5. The Hall–Kier alpha value is -6.36. The van der Waals surface area contributed by atoms with Crippen molar-refractivity contribution in [2.75, 3.05) is 113 Å². The van der Waals surface area contributed by atoms with Crippen molar-refractivity contribution in [1.29, 1.82) is 0 Å². The lowest BCUT2D eigenvalue weighted by Crippen LogP contribution is -2.66. The number of anilines is 3. The summed E-state index contributed by atoms with van der Waals surface area (Å²) >= 11 is 1.38. The van der Waals surface area contributed by atoms with E-state index in [-0.39, 0.29) is 71.0 Å². The largest absolute Gasteiger partial charge is 0.492 e. The smallest absolute Gasteiger partial charge is 0.246 e. The topological polar surface area (TPSA) is 201 Å². The fourth-order valence-electron chi connectivity index (χ4n) is 14.3. The molecule has 464 valence electrons. The third-order valence-corrected chi connectivity index (χ3v) is 20.7. The van der Waals surface area contributed by atoms with Gasteiger partial charge in [-0.05, 0) is 127 Å². The predicted molar refractivity (Wildman–Crippen MR) is 327 cm³/mol. The number of hydrogen-bond donors (Lipinski definition) is 4. The molecule has 19 nitrogen and oxygen atoms in total. The average Bonchev–Trinajstić information content (AvgIpc) is 3.09. The molecule has 2 aromatic carbocycles. The Labute approximate surface area is 508 Å². The first-order chi connectivity index (χ1) is 41.4. The number of halogens is 2. The monoisotopic (exact) mass is 1200 g/mol. The predicted octanol–water partition coefficient (Wildman–Crippen LogP) is 6.86. The van der Waals surface area contributed by atoms with Crippen molar-refractivity contribution in [3.05, 3.63) is 87.6 Å². The number of carbonyl (C=O) groups excluding carboxylic acids is 5. The van der Waals surface area contributed by atoms with Gasteiger partial charge in [0, 0.05) is 99.4 Å². The van der Waals surface area contributed by atoms with Gasteiger partial charge in [-0.3, -0.25) is 28.9 Å². The van der Waals surface area contributed by atoms with E-state index in [4.69, 9.17) is 14.7 Å². The van der Waals surface area contributed by atoms with Crippen LogP contribution in [0.4, 0.5) is 26.1 Å². The number of likely N-dealkylation sites (tertiary alicyclic amines) is 3. The molecule has 0 unspecified atom stereocenters. The first-order valence-corrected chi connectivity index (χ1v) is 32.4. The molecule has 86 heavy (non-hydrogen) atoms.